The van der Waals surface area contributed by atoms with Gasteiger partial charge in [-0.05, 0) is 104 Å². The molecular formula is C44H45IN8O11S2. The Morgan fingerprint density at radius 2 is 1.29 bits per heavy atom. The van der Waals surface area contributed by atoms with E-state index in [-0.39, 0.29) is 44.2 Å². The Morgan fingerprint density at radius 1 is 0.742 bits per heavy atom. The third-order valence-electron chi connectivity index (χ3n) is 10.7. The molecule has 1 aromatic heterocycles. The monoisotopic (exact) mass is 1050 g/mol. The molecule has 2 unspecified atom stereocenters. The average Bonchev–Trinajstić information content (AvgIpc) is 3.95. The molecule has 0 radical (unpaired) electrons. The normalized spacial score (nSPS) is 15.1. The highest BCUT2D eigenvalue weighted by Gasteiger charge is 2.42. The third kappa shape index (κ3) is 11.2. The number of nitrogens with zero attached hydrogens (tertiary/aromatic N) is 6. The van der Waals surface area contributed by atoms with Crippen molar-refractivity contribution < 1.29 is 50.5 Å². The molecule has 0 saturated carbocycles. The van der Waals surface area contributed by atoms with Gasteiger partial charge in [-0.15, -0.1) is 5.10 Å². The predicted molar refractivity (Wildman–Crippen MR) is 248 cm³/mol. The minimum absolute atomic E-state index is 0.0549. The van der Waals surface area contributed by atoms with Gasteiger partial charge in [0.25, 0.3) is 0 Å². The zero-order valence-corrected chi connectivity index (χ0v) is 39.6. The fourth-order valence-electron chi connectivity index (χ4n) is 7.24. The van der Waals surface area contributed by atoms with E-state index in [1.54, 1.807) is 103 Å². The smallest absolute Gasteiger partial charge is 0.407 e. The first-order chi connectivity index (χ1) is 31.7. The van der Waals surface area contributed by atoms with Crippen LogP contribution in [0.4, 0.5) is 9.59 Å². The molecule has 2 amide bonds. The molecule has 1 fully saturated rings. The number of aromatic nitrogens is 4. The van der Waals surface area contributed by atoms with Crippen molar-refractivity contribution in [2.75, 3.05) is 34.4 Å². The Labute approximate surface area is 394 Å². The molecule has 5 aromatic carbocycles. The molecule has 7 rings (SSSR count). The van der Waals surface area contributed by atoms with Gasteiger partial charge in [-0.3, -0.25) is 0 Å². The standard InChI is InChI=1S/C44H45IN8O11S2/c1-61-33-15-9-29(10-16-33)23-52(24-30-11-17-34(62-2)18-12-30)66(59,60)41-39(22-21-36(45)40(41)42-47-49-50-53(42)25-31-13-19-35(63-3)20-14-31)65(57,58)48-38-27-51(44(55)56)26-37(38)46-43(54)64-28-32-7-5-4-6-8-32/h4-22,37-38,48H,23-28H2,1-3H3,(H,46,54)(H,55,56). The summed E-state index contributed by atoms with van der Waals surface area (Å²) in [6, 6.07) is 29.6. The van der Waals surface area contributed by atoms with Crippen LogP contribution in [-0.2, 0) is 51.0 Å². The van der Waals surface area contributed by atoms with Crippen LogP contribution in [0.2, 0.25) is 0 Å². The number of alkyl carbamates (subject to hydrolysis) is 1. The van der Waals surface area contributed by atoms with Gasteiger partial charge in [-0.2, -0.15) is 4.31 Å². The quantitative estimate of drug-likeness (QED) is 0.0922. The number of likely N-dealkylation sites (tertiary alicyclic amines) is 1. The van der Waals surface area contributed by atoms with Crippen molar-refractivity contribution in [3.63, 3.8) is 0 Å². The van der Waals surface area contributed by atoms with Crippen molar-refractivity contribution >= 4 is 54.8 Å². The Morgan fingerprint density at radius 3 is 1.83 bits per heavy atom. The van der Waals surface area contributed by atoms with Crippen molar-refractivity contribution in [1.82, 2.24) is 39.5 Å². The Kier molecular flexibility index (Phi) is 15.1. The van der Waals surface area contributed by atoms with Crippen molar-refractivity contribution in [2.45, 2.75) is 48.1 Å². The van der Waals surface area contributed by atoms with E-state index in [2.05, 4.69) is 25.6 Å². The average molecular weight is 1050 g/mol. The van der Waals surface area contributed by atoms with E-state index in [1.165, 1.54) is 32.1 Å². The van der Waals surface area contributed by atoms with Crippen molar-refractivity contribution in [3.05, 3.63) is 141 Å². The number of halogens is 1. The maximum atomic E-state index is 15.8. The van der Waals surface area contributed by atoms with Gasteiger partial charge in [-0.25, -0.2) is 35.8 Å². The van der Waals surface area contributed by atoms with Gasteiger partial charge in [0.05, 0.1) is 45.5 Å². The molecule has 0 aliphatic carbocycles. The van der Waals surface area contributed by atoms with E-state index in [4.69, 9.17) is 18.9 Å². The third-order valence-corrected chi connectivity index (χ3v) is 15.1. The first-order valence-corrected chi connectivity index (χ1v) is 24.1. The van der Waals surface area contributed by atoms with Crippen LogP contribution in [0, 0.1) is 3.57 Å². The molecule has 22 heteroatoms. The van der Waals surface area contributed by atoms with Crippen LogP contribution in [0.25, 0.3) is 11.4 Å². The van der Waals surface area contributed by atoms with Crippen LogP contribution in [-0.4, -0.2) is 110 Å². The number of tetrazole rings is 1. The first kappa shape index (κ1) is 47.6. The number of carbonyl (C=O) groups is 2. The highest BCUT2D eigenvalue weighted by atomic mass is 127. The maximum absolute atomic E-state index is 15.8. The number of nitrogens with one attached hydrogen (secondary N) is 2. The predicted octanol–water partition coefficient (Wildman–Crippen LogP) is 5.35. The lowest BCUT2D eigenvalue weighted by molar-refractivity contribution is 0.133. The molecule has 346 valence electrons. The zero-order chi connectivity index (χ0) is 47.0. The summed E-state index contributed by atoms with van der Waals surface area (Å²) < 4.78 is 88.3. The lowest BCUT2D eigenvalue weighted by Gasteiger charge is -2.27. The number of hydrogen-bond acceptors (Lipinski definition) is 13. The molecule has 2 atom stereocenters. The second-order valence-electron chi connectivity index (χ2n) is 15.0. The summed E-state index contributed by atoms with van der Waals surface area (Å²) >= 11 is 1.92. The number of ether oxygens (including phenoxy) is 4. The van der Waals surface area contributed by atoms with Crippen LogP contribution < -0.4 is 24.2 Å². The lowest BCUT2D eigenvalue weighted by Crippen LogP contribution is -2.51. The minimum Gasteiger partial charge on any atom is -0.497 e. The van der Waals surface area contributed by atoms with Crippen LogP contribution >= 0.6 is 22.6 Å². The molecule has 6 aromatic rings. The van der Waals surface area contributed by atoms with Crippen LogP contribution in [0.3, 0.4) is 0 Å². The van der Waals surface area contributed by atoms with Crippen LogP contribution in [0.15, 0.2) is 125 Å². The van der Waals surface area contributed by atoms with Crippen molar-refractivity contribution in [1.29, 1.82) is 0 Å². The highest BCUT2D eigenvalue weighted by molar-refractivity contribution is 14.1. The molecular weight excluding hydrogens is 1010 g/mol. The first-order valence-electron chi connectivity index (χ1n) is 20.1. The van der Waals surface area contributed by atoms with E-state index in [0.29, 0.717) is 37.5 Å². The number of hydrogen-bond donors (Lipinski definition) is 3. The van der Waals surface area contributed by atoms with Crippen LogP contribution in [0.5, 0.6) is 17.2 Å². The fraction of sp³-hybridized carbons (Fsp3) is 0.250. The second kappa shape index (κ2) is 20.9. The van der Waals surface area contributed by atoms with E-state index in [9.17, 15) is 14.7 Å². The van der Waals surface area contributed by atoms with E-state index < -0.39 is 60.7 Å². The summed E-state index contributed by atoms with van der Waals surface area (Å²) in [5, 5.41) is 24.9. The molecule has 0 spiro atoms. The lowest BCUT2D eigenvalue weighted by atomic mass is 10.2. The number of sulfonamides is 2. The number of rotatable bonds is 18. The van der Waals surface area contributed by atoms with Crippen molar-refractivity contribution in [3.8, 4) is 28.6 Å². The molecule has 66 heavy (non-hydrogen) atoms. The fourth-order valence-corrected chi connectivity index (χ4v) is 11.8. The molecule has 1 aliphatic heterocycles. The van der Waals surface area contributed by atoms with Crippen molar-refractivity contribution in [2.24, 2.45) is 0 Å². The van der Waals surface area contributed by atoms with E-state index >= 15 is 16.8 Å². The number of methoxy groups -OCH3 is 3. The number of benzene rings is 5. The summed E-state index contributed by atoms with van der Waals surface area (Å²) in [4.78, 5) is 24.9. The van der Waals surface area contributed by atoms with Gasteiger partial charge in [0.15, 0.2) is 5.82 Å². The Hall–Kier alpha value is -6.34. The van der Waals surface area contributed by atoms with Gasteiger partial charge in [-0.1, -0.05) is 66.7 Å². The summed E-state index contributed by atoms with van der Waals surface area (Å²) in [6.45, 7) is -1.19. The Bertz CT molecular complexity index is 2820. The summed E-state index contributed by atoms with van der Waals surface area (Å²) in [5.41, 5.74) is 2.42. The zero-order valence-electron chi connectivity index (χ0n) is 35.8. The van der Waals surface area contributed by atoms with Gasteiger partial charge in [0, 0.05) is 29.7 Å². The summed E-state index contributed by atoms with van der Waals surface area (Å²) in [5.74, 6) is 1.63. The van der Waals surface area contributed by atoms with E-state index in [0.717, 1.165) is 20.8 Å². The molecule has 19 nitrogen and oxygen atoms in total. The second-order valence-corrected chi connectivity index (χ2v) is 19.7. The van der Waals surface area contributed by atoms with Gasteiger partial charge in [0.1, 0.15) is 33.6 Å². The molecule has 1 saturated heterocycles. The minimum atomic E-state index is -4.93. The van der Waals surface area contributed by atoms with E-state index in [1.807, 2.05) is 22.6 Å². The molecule has 1 aliphatic rings. The van der Waals surface area contributed by atoms with Gasteiger partial charge >= 0.3 is 12.2 Å². The topological polar surface area (TPSA) is 234 Å². The number of carboxylic acid groups (broad SMARTS) is 1. The van der Waals surface area contributed by atoms with Gasteiger partial charge < -0.3 is 34.3 Å². The largest absolute Gasteiger partial charge is 0.497 e. The summed E-state index contributed by atoms with van der Waals surface area (Å²) in [6.07, 6.45) is -2.28. The number of carbonyl (C=O) groups excluding carboxylic acids is 1. The Balaban J connectivity index is 1.34. The van der Waals surface area contributed by atoms with Gasteiger partial charge in [0.2, 0.25) is 20.0 Å². The summed E-state index contributed by atoms with van der Waals surface area (Å²) in [7, 11) is -5.30. The molecule has 3 N–H and O–H groups in total. The SMILES string of the molecule is COc1ccc(CN(Cc2ccc(OC)cc2)S(=O)(=O)c2c(S(=O)(=O)NC3CN(C(=O)O)CC3NC(=O)OCc3ccccc3)ccc(I)c2-c2nnnn2Cc2ccc(OC)cc2)cc1. The maximum Gasteiger partial charge on any atom is 0.407 e. The molecule has 2 heterocycles. The number of amides is 2. The highest BCUT2D eigenvalue weighted by Crippen LogP contribution is 2.39. The molecule has 0 bridgehead atoms. The van der Waals surface area contributed by atoms with Crippen LogP contribution in [0.1, 0.15) is 22.3 Å².